The minimum atomic E-state index is -0.215. The summed E-state index contributed by atoms with van der Waals surface area (Å²) in [5, 5.41) is 0. The zero-order chi connectivity index (χ0) is 11.5. The topological polar surface area (TPSA) is 9.23 Å². The van der Waals surface area contributed by atoms with E-state index in [-0.39, 0.29) is 5.82 Å². The van der Waals surface area contributed by atoms with Crippen LogP contribution < -0.4 is 4.74 Å². The molecule has 0 saturated heterocycles. The Balaban J connectivity index is 2.44. The summed E-state index contributed by atoms with van der Waals surface area (Å²) in [5.74, 6) is 0.613. The van der Waals surface area contributed by atoms with Crippen molar-refractivity contribution in [3.63, 3.8) is 0 Å². The molecule has 0 radical (unpaired) electrons. The smallest absolute Gasteiger partial charge is 0.123 e. The zero-order valence-electron chi connectivity index (χ0n) is 8.71. The molecule has 0 aliphatic carbocycles. The fourth-order valence-electron chi connectivity index (χ4n) is 1.49. The summed E-state index contributed by atoms with van der Waals surface area (Å²) in [5.41, 5.74) is 2.09. The molecule has 0 amide bonds. The minimum absolute atomic E-state index is 0.215. The van der Waals surface area contributed by atoms with Gasteiger partial charge in [0.15, 0.2) is 0 Å². The van der Waals surface area contributed by atoms with E-state index >= 15 is 0 Å². The van der Waals surface area contributed by atoms with Crippen LogP contribution in [0.2, 0.25) is 0 Å². The highest BCUT2D eigenvalue weighted by Gasteiger charge is 2.04. The van der Waals surface area contributed by atoms with Crippen molar-refractivity contribution in [2.45, 2.75) is 0 Å². The molecular weight excluding hydrogens is 318 g/mol. The van der Waals surface area contributed by atoms with E-state index in [2.05, 4.69) is 22.6 Å². The lowest BCUT2D eigenvalue weighted by molar-refractivity contribution is 0.414. The van der Waals surface area contributed by atoms with Crippen molar-refractivity contribution in [3.8, 4) is 16.9 Å². The lowest BCUT2D eigenvalue weighted by Gasteiger charge is -2.07. The molecule has 2 aromatic carbocycles. The van der Waals surface area contributed by atoms with Crippen LogP contribution in [0.4, 0.5) is 4.39 Å². The number of methoxy groups -OCH3 is 1. The van der Waals surface area contributed by atoms with E-state index in [1.807, 2.05) is 18.2 Å². The van der Waals surface area contributed by atoms with E-state index in [0.29, 0.717) is 0 Å². The Labute approximate surface area is 107 Å². The second-order valence-corrected chi connectivity index (χ2v) is 4.51. The predicted octanol–water partition coefficient (Wildman–Crippen LogP) is 4.11. The molecule has 0 atom stereocenters. The molecule has 0 saturated carbocycles. The molecular formula is C13H10FIO. The van der Waals surface area contributed by atoms with Crippen LogP contribution in [-0.2, 0) is 0 Å². The van der Waals surface area contributed by atoms with Crippen molar-refractivity contribution in [3.05, 3.63) is 51.9 Å². The SMILES string of the molecule is COc1ccc(-c2ccc(F)cc2)c(I)c1. The van der Waals surface area contributed by atoms with E-state index < -0.39 is 0 Å². The molecule has 16 heavy (non-hydrogen) atoms. The van der Waals surface area contributed by atoms with Gasteiger partial charge in [0.25, 0.3) is 0 Å². The Bertz CT molecular complexity index is 494. The lowest BCUT2D eigenvalue weighted by Crippen LogP contribution is -1.87. The summed E-state index contributed by atoms with van der Waals surface area (Å²) < 4.78 is 19.0. The van der Waals surface area contributed by atoms with Gasteiger partial charge in [-0.15, -0.1) is 0 Å². The lowest BCUT2D eigenvalue weighted by atomic mass is 10.1. The number of benzene rings is 2. The summed E-state index contributed by atoms with van der Waals surface area (Å²) >= 11 is 2.25. The van der Waals surface area contributed by atoms with Gasteiger partial charge < -0.3 is 4.74 Å². The van der Waals surface area contributed by atoms with Gasteiger partial charge in [0, 0.05) is 3.57 Å². The normalized spacial score (nSPS) is 10.2. The van der Waals surface area contributed by atoms with Gasteiger partial charge in [-0.2, -0.15) is 0 Å². The Morgan fingerprint density at radius 2 is 1.75 bits per heavy atom. The van der Waals surface area contributed by atoms with Crippen LogP contribution in [0, 0.1) is 9.39 Å². The average molecular weight is 328 g/mol. The molecule has 0 fully saturated rings. The molecule has 0 heterocycles. The Hall–Kier alpha value is -1.10. The third-order valence-electron chi connectivity index (χ3n) is 2.33. The molecule has 2 rings (SSSR count). The van der Waals surface area contributed by atoms with Crippen LogP contribution in [-0.4, -0.2) is 7.11 Å². The summed E-state index contributed by atoms with van der Waals surface area (Å²) in [6, 6.07) is 12.3. The maximum Gasteiger partial charge on any atom is 0.123 e. The van der Waals surface area contributed by atoms with Crippen LogP contribution >= 0.6 is 22.6 Å². The standard InChI is InChI=1S/C13H10FIO/c1-16-11-6-7-12(13(15)8-11)9-2-4-10(14)5-3-9/h2-8H,1H3. The summed E-state index contributed by atoms with van der Waals surface area (Å²) in [7, 11) is 1.64. The number of hydrogen-bond donors (Lipinski definition) is 0. The van der Waals surface area contributed by atoms with Gasteiger partial charge in [-0.3, -0.25) is 0 Å². The maximum absolute atomic E-state index is 12.8. The molecule has 3 heteroatoms. The van der Waals surface area contributed by atoms with Gasteiger partial charge in [-0.1, -0.05) is 12.1 Å². The van der Waals surface area contributed by atoms with Crippen LogP contribution in [0.3, 0.4) is 0 Å². The second-order valence-electron chi connectivity index (χ2n) is 3.35. The van der Waals surface area contributed by atoms with Crippen molar-refractivity contribution >= 4 is 22.6 Å². The fourth-order valence-corrected chi connectivity index (χ4v) is 2.28. The molecule has 82 valence electrons. The Morgan fingerprint density at radius 1 is 1.06 bits per heavy atom. The first-order valence-electron chi connectivity index (χ1n) is 4.80. The number of hydrogen-bond acceptors (Lipinski definition) is 1. The first kappa shape index (κ1) is 11.4. The van der Waals surface area contributed by atoms with Gasteiger partial charge in [0.2, 0.25) is 0 Å². The van der Waals surface area contributed by atoms with Gasteiger partial charge in [0.1, 0.15) is 11.6 Å². The van der Waals surface area contributed by atoms with Crippen molar-refractivity contribution in [2.24, 2.45) is 0 Å². The van der Waals surface area contributed by atoms with Crippen molar-refractivity contribution in [1.29, 1.82) is 0 Å². The van der Waals surface area contributed by atoms with E-state index in [1.54, 1.807) is 19.2 Å². The van der Waals surface area contributed by atoms with Gasteiger partial charge in [0.05, 0.1) is 7.11 Å². The minimum Gasteiger partial charge on any atom is -0.497 e. The van der Waals surface area contributed by atoms with E-state index in [4.69, 9.17) is 4.74 Å². The predicted molar refractivity (Wildman–Crippen MR) is 71.1 cm³/mol. The molecule has 0 bridgehead atoms. The van der Waals surface area contributed by atoms with Crippen molar-refractivity contribution in [1.82, 2.24) is 0 Å². The number of ether oxygens (including phenoxy) is 1. The highest BCUT2D eigenvalue weighted by molar-refractivity contribution is 14.1. The van der Waals surface area contributed by atoms with Crippen LogP contribution in [0.5, 0.6) is 5.75 Å². The van der Waals surface area contributed by atoms with Gasteiger partial charge in [-0.05, 0) is 64.0 Å². The highest BCUT2D eigenvalue weighted by Crippen LogP contribution is 2.28. The summed E-state index contributed by atoms with van der Waals surface area (Å²) in [4.78, 5) is 0. The molecule has 2 aromatic rings. The van der Waals surface area contributed by atoms with Crippen LogP contribution in [0.25, 0.3) is 11.1 Å². The van der Waals surface area contributed by atoms with Gasteiger partial charge in [-0.25, -0.2) is 4.39 Å². The number of halogens is 2. The maximum atomic E-state index is 12.8. The quantitative estimate of drug-likeness (QED) is 0.754. The third kappa shape index (κ3) is 2.35. The van der Waals surface area contributed by atoms with E-state index in [0.717, 1.165) is 20.4 Å². The third-order valence-corrected chi connectivity index (χ3v) is 3.22. The van der Waals surface area contributed by atoms with Crippen LogP contribution in [0.15, 0.2) is 42.5 Å². The molecule has 0 aliphatic heterocycles. The van der Waals surface area contributed by atoms with Crippen molar-refractivity contribution < 1.29 is 9.13 Å². The molecule has 0 aromatic heterocycles. The van der Waals surface area contributed by atoms with E-state index in [1.165, 1.54) is 12.1 Å². The highest BCUT2D eigenvalue weighted by atomic mass is 127. The Kier molecular flexibility index (Phi) is 3.43. The van der Waals surface area contributed by atoms with Gasteiger partial charge >= 0.3 is 0 Å². The van der Waals surface area contributed by atoms with E-state index in [9.17, 15) is 4.39 Å². The molecule has 0 aliphatic rings. The first-order valence-corrected chi connectivity index (χ1v) is 5.88. The average Bonchev–Trinajstić information content (AvgIpc) is 2.30. The summed E-state index contributed by atoms with van der Waals surface area (Å²) in [6.45, 7) is 0. The molecule has 1 nitrogen and oxygen atoms in total. The summed E-state index contributed by atoms with van der Waals surface area (Å²) in [6.07, 6.45) is 0. The Morgan fingerprint density at radius 3 is 2.31 bits per heavy atom. The molecule has 0 unspecified atom stereocenters. The fraction of sp³-hybridized carbons (Fsp3) is 0.0769. The first-order chi connectivity index (χ1) is 7.70. The van der Waals surface area contributed by atoms with Crippen molar-refractivity contribution in [2.75, 3.05) is 7.11 Å². The number of rotatable bonds is 2. The van der Waals surface area contributed by atoms with Crippen LogP contribution in [0.1, 0.15) is 0 Å². The largest absolute Gasteiger partial charge is 0.497 e. The molecule has 0 spiro atoms. The zero-order valence-corrected chi connectivity index (χ0v) is 10.9. The second kappa shape index (κ2) is 4.82. The molecule has 0 N–H and O–H groups in total. The monoisotopic (exact) mass is 328 g/mol.